The molecule has 3 aromatic carbocycles. The summed E-state index contributed by atoms with van der Waals surface area (Å²) in [6.07, 6.45) is 4.29. The van der Waals surface area contributed by atoms with Crippen LogP contribution in [0.1, 0.15) is 42.1 Å². The molecule has 0 bridgehead atoms. The molecule has 4 aromatic rings. The average molecular weight is 628 g/mol. The number of hydrogen-bond acceptors (Lipinski definition) is 7. The van der Waals surface area contributed by atoms with Gasteiger partial charge in [0.25, 0.3) is 5.91 Å². The second kappa shape index (κ2) is 11.5. The number of methoxy groups -OCH3 is 1. The molecule has 1 aliphatic rings. The molecule has 0 saturated carbocycles. The molecule has 11 heteroatoms. The van der Waals surface area contributed by atoms with Crippen molar-refractivity contribution in [2.75, 3.05) is 18.7 Å². The Hall–Kier alpha value is -3.12. The van der Waals surface area contributed by atoms with Crippen molar-refractivity contribution >= 4 is 64.8 Å². The quantitative estimate of drug-likeness (QED) is 0.177. The van der Waals surface area contributed by atoms with E-state index >= 15 is 0 Å². The smallest absolute Gasteiger partial charge is 0.280 e. The predicted molar refractivity (Wildman–Crippen MR) is 158 cm³/mol. The maximum absolute atomic E-state index is 13.7. The van der Waals surface area contributed by atoms with Gasteiger partial charge in [0, 0.05) is 22.6 Å². The van der Waals surface area contributed by atoms with Gasteiger partial charge in [-0.3, -0.25) is 4.79 Å². The van der Waals surface area contributed by atoms with Gasteiger partial charge in [-0.1, -0.05) is 33.7 Å². The van der Waals surface area contributed by atoms with Gasteiger partial charge in [-0.15, -0.1) is 0 Å². The molecule has 1 aliphatic heterocycles. The fourth-order valence-corrected chi connectivity index (χ4v) is 7.61. The lowest BCUT2D eigenvalue weighted by Crippen LogP contribution is -2.41. The van der Waals surface area contributed by atoms with E-state index in [9.17, 15) is 13.2 Å². The molecule has 0 N–H and O–H groups in total. The molecule has 202 valence electrons. The van der Waals surface area contributed by atoms with Gasteiger partial charge in [0.05, 0.1) is 28.4 Å². The fraction of sp³-hybridized carbons (Fsp3) is 0.250. The number of hydrazone groups is 1. The molecule has 1 unspecified atom stereocenters. The molecule has 0 aliphatic carbocycles. The van der Waals surface area contributed by atoms with Crippen molar-refractivity contribution in [3.63, 3.8) is 0 Å². The molecular formula is C28H27BrN4O4S2. The van der Waals surface area contributed by atoms with E-state index in [0.29, 0.717) is 23.0 Å². The van der Waals surface area contributed by atoms with E-state index in [2.05, 4.69) is 26.0 Å². The summed E-state index contributed by atoms with van der Waals surface area (Å²) >= 11 is 4.82. The van der Waals surface area contributed by atoms with E-state index in [0.717, 1.165) is 39.5 Å². The maximum Gasteiger partial charge on any atom is 0.280 e. The van der Waals surface area contributed by atoms with Gasteiger partial charge in [0.2, 0.25) is 15.2 Å². The minimum absolute atomic E-state index is 0.0492. The Labute approximate surface area is 240 Å². The van der Waals surface area contributed by atoms with Crippen LogP contribution in [0.3, 0.4) is 0 Å². The van der Waals surface area contributed by atoms with Crippen LogP contribution in [0.25, 0.3) is 10.2 Å². The summed E-state index contributed by atoms with van der Waals surface area (Å²) in [6.45, 7) is 2.44. The van der Waals surface area contributed by atoms with Gasteiger partial charge in [-0.2, -0.15) is 14.4 Å². The Kier molecular flexibility index (Phi) is 8.13. The standard InChI is InChI=1S/C28H27BrN4O4S2/c1-19-5-3-4-16-32(19)39(35,36)24-13-8-21(9-14-24)27(34)33(30-18-20-6-11-23(37-2)12-7-20)28-31-25-15-10-22(29)17-26(25)38-28/h6-15,17-19H,3-5,16H2,1-2H3/b30-18+. The number of nitrogens with zero attached hydrogens (tertiary/aromatic N) is 4. The molecule has 1 aromatic heterocycles. The third-order valence-electron chi connectivity index (χ3n) is 6.60. The summed E-state index contributed by atoms with van der Waals surface area (Å²) in [5.41, 5.74) is 1.82. The SMILES string of the molecule is COc1ccc(/C=N/N(C(=O)c2ccc(S(=O)(=O)N3CCCCC3C)cc2)c2nc3ccc(Br)cc3s2)cc1. The summed E-state index contributed by atoms with van der Waals surface area (Å²) in [6, 6.07) is 19.0. The van der Waals surface area contributed by atoms with Crippen molar-refractivity contribution in [2.45, 2.75) is 37.1 Å². The van der Waals surface area contributed by atoms with Crippen LogP contribution in [0.2, 0.25) is 0 Å². The number of ether oxygens (including phenoxy) is 1. The lowest BCUT2D eigenvalue weighted by molar-refractivity contribution is 0.0987. The molecule has 5 rings (SSSR count). The van der Waals surface area contributed by atoms with Gasteiger partial charge < -0.3 is 4.74 Å². The maximum atomic E-state index is 13.7. The number of aromatic nitrogens is 1. The first-order valence-corrected chi connectivity index (χ1v) is 15.5. The summed E-state index contributed by atoms with van der Waals surface area (Å²) in [5, 5.41) is 6.14. The van der Waals surface area contributed by atoms with Gasteiger partial charge in [0.15, 0.2) is 0 Å². The first-order chi connectivity index (χ1) is 18.8. The monoisotopic (exact) mass is 626 g/mol. The van der Waals surface area contributed by atoms with Crippen LogP contribution >= 0.6 is 27.3 Å². The van der Waals surface area contributed by atoms with E-state index < -0.39 is 15.9 Å². The second-order valence-electron chi connectivity index (χ2n) is 9.23. The number of carbonyl (C=O) groups is 1. The summed E-state index contributed by atoms with van der Waals surface area (Å²) in [4.78, 5) is 18.5. The number of amides is 1. The average Bonchev–Trinajstić information content (AvgIpc) is 3.36. The van der Waals surface area contributed by atoms with Crippen molar-refractivity contribution in [1.29, 1.82) is 0 Å². The number of benzene rings is 3. The zero-order chi connectivity index (χ0) is 27.6. The van der Waals surface area contributed by atoms with Crippen LogP contribution in [0.4, 0.5) is 5.13 Å². The highest BCUT2D eigenvalue weighted by atomic mass is 79.9. The Morgan fingerprint density at radius 2 is 1.87 bits per heavy atom. The number of thiazole rings is 1. The Bertz CT molecular complexity index is 1620. The van der Waals surface area contributed by atoms with Gasteiger partial charge in [0.1, 0.15) is 5.75 Å². The predicted octanol–water partition coefficient (Wildman–Crippen LogP) is 6.31. The number of piperidine rings is 1. The highest BCUT2D eigenvalue weighted by molar-refractivity contribution is 9.10. The van der Waals surface area contributed by atoms with Gasteiger partial charge in [-0.05, 0) is 92.1 Å². The van der Waals surface area contributed by atoms with E-state index in [1.165, 1.54) is 40.6 Å². The highest BCUT2D eigenvalue weighted by Gasteiger charge is 2.31. The van der Waals surface area contributed by atoms with Crippen LogP contribution < -0.4 is 9.75 Å². The van der Waals surface area contributed by atoms with Crippen molar-refractivity contribution in [2.24, 2.45) is 5.10 Å². The van der Waals surface area contributed by atoms with Crippen LogP contribution in [-0.4, -0.2) is 49.5 Å². The largest absolute Gasteiger partial charge is 0.497 e. The zero-order valence-corrected chi connectivity index (χ0v) is 24.7. The second-order valence-corrected chi connectivity index (χ2v) is 13.0. The Balaban J connectivity index is 1.47. The summed E-state index contributed by atoms with van der Waals surface area (Å²) < 4.78 is 35.1. The number of halogens is 1. The van der Waals surface area contributed by atoms with Gasteiger partial charge in [-0.25, -0.2) is 13.4 Å². The molecule has 1 atom stereocenters. The van der Waals surface area contributed by atoms with E-state index in [1.54, 1.807) is 17.6 Å². The number of carbonyl (C=O) groups excluding carboxylic acids is 1. The molecule has 1 fully saturated rings. The third-order valence-corrected chi connectivity index (χ3v) is 10.1. The van der Waals surface area contributed by atoms with Crippen molar-refractivity contribution in [3.05, 3.63) is 82.3 Å². The summed E-state index contributed by atoms with van der Waals surface area (Å²) in [7, 11) is -2.05. The minimum Gasteiger partial charge on any atom is -0.497 e. The lowest BCUT2D eigenvalue weighted by atomic mass is 10.1. The number of hydrogen-bond donors (Lipinski definition) is 0. The van der Waals surface area contributed by atoms with Crippen LogP contribution in [0.5, 0.6) is 5.75 Å². The van der Waals surface area contributed by atoms with E-state index in [4.69, 9.17) is 4.74 Å². The number of anilines is 1. The molecule has 2 heterocycles. The fourth-order valence-electron chi connectivity index (χ4n) is 4.44. The number of sulfonamides is 1. The molecular weight excluding hydrogens is 600 g/mol. The molecule has 8 nitrogen and oxygen atoms in total. The van der Waals surface area contributed by atoms with Crippen LogP contribution in [-0.2, 0) is 10.0 Å². The molecule has 0 spiro atoms. The van der Waals surface area contributed by atoms with Crippen LogP contribution in [0, 0.1) is 0 Å². The van der Waals surface area contributed by atoms with E-state index in [1.807, 2.05) is 49.4 Å². The molecule has 0 radical (unpaired) electrons. The molecule has 1 saturated heterocycles. The zero-order valence-electron chi connectivity index (χ0n) is 21.5. The van der Waals surface area contributed by atoms with Crippen LogP contribution in [0.15, 0.2) is 81.2 Å². The van der Waals surface area contributed by atoms with E-state index in [-0.39, 0.29) is 10.9 Å². The number of fused-ring (bicyclic) bond motifs is 1. The first kappa shape index (κ1) is 27.4. The minimum atomic E-state index is -3.65. The topological polar surface area (TPSA) is 92.2 Å². The first-order valence-electron chi connectivity index (χ1n) is 12.5. The Morgan fingerprint density at radius 3 is 2.56 bits per heavy atom. The molecule has 1 amide bonds. The highest BCUT2D eigenvalue weighted by Crippen LogP contribution is 2.32. The third kappa shape index (κ3) is 5.91. The van der Waals surface area contributed by atoms with Crippen molar-refractivity contribution in [1.82, 2.24) is 9.29 Å². The van der Waals surface area contributed by atoms with Gasteiger partial charge >= 0.3 is 0 Å². The summed E-state index contributed by atoms with van der Waals surface area (Å²) in [5.74, 6) is 0.291. The molecule has 39 heavy (non-hydrogen) atoms. The lowest BCUT2D eigenvalue weighted by Gasteiger charge is -2.32. The van der Waals surface area contributed by atoms with Crippen molar-refractivity contribution < 1.29 is 17.9 Å². The normalized spacial score (nSPS) is 16.5. The number of rotatable bonds is 7. The van der Waals surface area contributed by atoms with Crippen molar-refractivity contribution in [3.8, 4) is 5.75 Å². The Morgan fingerprint density at radius 1 is 1.13 bits per heavy atom.